The molecule has 0 unspecified atom stereocenters. The maximum atomic E-state index is 4.94. The van der Waals surface area contributed by atoms with Crippen molar-refractivity contribution < 1.29 is 4.18 Å². The quantitative estimate of drug-likeness (QED) is 0.420. The second-order valence-corrected chi connectivity index (χ2v) is 2.38. The van der Waals surface area contributed by atoms with Gasteiger partial charge in [0.15, 0.2) is 0 Å². The van der Waals surface area contributed by atoms with Gasteiger partial charge in [0.1, 0.15) is 0 Å². The van der Waals surface area contributed by atoms with Crippen molar-refractivity contribution in [2.75, 3.05) is 12.4 Å². The molecule has 0 heterocycles. The summed E-state index contributed by atoms with van der Waals surface area (Å²) in [4.78, 5) is 0. The van der Waals surface area contributed by atoms with Crippen LogP contribution in [0, 0.1) is 6.92 Å². The Labute approximate surface area is 56.0 Å². The molecule has 0 aliphatic rings. The molecular formula is C6H13OS. The number of hydrogen-bond donors (Lipinski definition) is 0. The van der Waals surface area contributed by atoms with Gasteiger partial charge in [-0.25, -0.2) is 0 Å². The van der Waals surface area contributed by atoms with Gasteiger partial charge in [0, 0.05) is 5.75 Å². The first-order valence-electron chi connectivity index (χ1n) is 2.95. The molecule has 0 atom stereocenters. The Morgan fingerprint density at radius 2 is 2.38 bits per heavy atom. The summed E-state index contributed by atoms with van der Waals surface area (Å²) in [5.74, 6) is 1.10. The Hall–Kier alpha value is 0.310. The number of hydrogen-bond acceptors (Lipinski definition) is 2. The molecule has 0 amide bonds. The number of rotatable bonds is 5. The summed E-state index contributed by atoms with van der Waals surface area (Å²) in [6.45, 7) is 6.29. The molecule has 0 aromatic rings. The van der Waals surface area contributed by atoms with Crippen molar-refractivity contribution in [3.8, 4) is 0 Å². The maximum Gasteiger partial charge on any atom is 0.0614 e. The molecule has 0 saturated carbocycles. The lowest BCUT2D eigenvalue weighted by Crippen LogP contribution is -1.81. The lowest BCUT2D eigenvalue weighted by atomic mass is 10.4. The fourth-order valence-electron chi connectivity index (χ4n) is 0.321. The second-order valence-electron chi connectivity index (χ2n) is 1.50. The fraction of sp³-hybridized carbons (Fsp3) is 0.833. The molecule has 2 heteroatoms. The van der Waals surface area contributed by atoms with E-state index >= 15 is 0 Å². The van der Waals surface area contributed by atoms with Crippen LogP contribution in [0.2, 0.25) is 0 Å². The van der Waals surface area contributed by atoms with Crippen LogP contribution >= 0.6 is 12.0 Å². The summed E-state index contributed by atoms with van der Waals surface area (Å²) >= 11 is 1.52. The van der Waals surface area contributed by atoms with Crippen molar-refractivity contribution in [3.05, 3.63) is 6.92 Å². The minimum Gasteiger partial charge on any atom is -0.315 e. The van der Waals surface area contributed by atoms with Gasteiger partial charge >= 0.3 is 0 Å². The minimum atomic E-state index is 0.578. The first-order chi connectivity index (χ1) is 3.91. The minimum absolute atomic E-state index is 0.578. The lowest BCUT2D eigenvalue weighted by Gasteiger charge is -1.95. The smallest absolute Gasteiger partial charge is 0.0614 e. The van der Waals surface area contributed by atoms with E-state index in [1.54, 1.807) is 0 Å². The Balaban J connectivity index is 2.53. The van der Waals surface area contributed by atoms with Gasteiger partial charge in [-0.15, -0.1) is 0 Å². The molecule has 0 N–H and O–H groups in total. The van der Waals surface area contributed by atoms with Crippen LogP contribution in [-0.2, 0) is 4.18 Å². The van der Waals surface area contributed by atoms with E-state index in [2.05, 4.69) is 13.8 Å². The van der Waals surface area contributed by atoms with E-state index in [0.717, 1.165) is 5.75 Å². The summed E-state index contributed by atoms with van der Waals surface area (Å²) in [7, 11) is 0. The van der Waals surface area contributed by atoms with Crippen molar-refractivity contribution in [1.29, 1.82) is 0 Å². The summed E-state index contributed by atoms with van der Waals surface area (Å²) in [6, 6.07) is 0. The number of unbranched alkanes of at least 4 members (excludes halogenated alkanes) is 1. The highest BCUT2D eigenvalue weighted by Crippen LogP contribution is 2.04. The van der Waals surface area contributed by atoms with Crippen molar-refractivity contribution in [3.63, 3.8) is 0 Å². The van der Waals surface area contributed by atoms with E-state index in [0.29, 0.717) is 6.61 Å². The normalized spacial score (nSPS) is 9.75. The maximum absolute atomic E-state index is 4.94. The van der Waals surface area contributed by atoms with Gasteiger partial charge in [0.2, 0.25) is 0 Å². The lowest BCUT2D eigenvalue weighted by molar-refractivity contribution is 0.426. The molecule has 0 saturated heterocycles. The average molecular weight is 133 g/mol. The van der Waals surface area contributed by atoms with Gasteiger partial charge in [-0.3, -0.25) is 0 Å². The zero-order chi connectivity index (χ0) is 6.24. The summed E-state index contributed by atoms with van der Waals surface area (Å²) in [6.07, 6.45) is 2.48. The van der Waals surface area contributed by atoms with Crippen molar-refractivity contribution in [2.24, 2.45) is 0 Å². The zero-order valence-corrected chi connectivity index (χ0v) is 6.17. The van der Waals surface area contributed by atoms with Crippen LogP contribution in [0.25, 0.3) is 0 Å². The highest BCUT2D eigenvalue weighted by atomic mass is 32.2. The molecule has 49 valence electrons. The molecule has 0 fully saturated rings. The molecular weight excluding hydrogens is 120 g/mol. The molecule has 0 aromatic carbocycles. The van der Waals surface area contributed by atoms with Gasteiger partial charge in [-0.1, -0.05) is 13.3 Å². The monoisotopic (exact) mass is 133 g/mol. The van der Waals surface area contributed by atoms with Crippen LogP contribution < -0.4 is 0 Å². The summed E-state index contributed by atoms with van der Waals surface area (Å²) in [5.41, 5.74) is 0. The second kappa shape index (κ2) is 7.31. The third-order valence-corrected chi connectivity index (χ3v) is 1.54. The van der Waals surface area contributed by atoms with Crippen LogP contribution in [0.5, 0.6) is 0 Å². The molecule has 8 heavy (non-hydrogen) atoms. The predicted molar refractivity (Wildman–Crippen MR) is 38.7 cm³/mol. The highest BCUT2D eigenvalue weighted by molar-refractivity contribution is 7.94. The molecule has 0 spiro atoms. The van der Waals surface area contributed by atoms with Crippen molar-refractivity contribution >= 4 is 12.0 Å². The van der Waals surface area contributed by atoms with Crippen molar-refractivity contribution in [2.45, 2.75) is 19.8 Å². The van der Waals surface area contributed by atoms with Gasteiger partial charge < -0.3 is 4.18 Å². The Morgan fingerprint density at radius 1 is 1.62 bits per heavy atom. The molecule has 0 rings (SSSR count). The van der Waals surface area contributed by atoms with E-state index in [-0.39, 0.29) is 0 Å². The van der Waals surface area contributed by atoms with Crippen LogP contribution in [0.3, 0.4) is 0 Å². The van der Waals surface area contributed by atoms with Gasteiger partial charge in [0.25, 0.3) is 0 Å². The molecule has 0 aliphatic heterocycles. The van der Waals surface area contributed by atoms with E-state index < -0.39 is 0 Å². The summed E-state index contributed by atoms with van der Waals surface area (Å²) < 4.78 is 4.94. The van der Waals surface area contributed by atoms with Crippen LogP contribution in [0.4, 0.5) is 0 Å². The molecule has 0 aliphatic carbocycles. The zero-order valence-electron chi connectivity index (χ0n) is 5.35. The molecule has 0 aromatic heterocycles. The third kappa shape index (κ3) is 6.31. The van der Waals surface area contributed by atoms with Crippen LogP contribution in [-0.4, -0.2) is 12.4 Å². The summed E-state index contributed by atoms with van der Waals surface area (Å²) in [5, 5.41) is 0. The Morgan fingerprint density at radius 3 is 2.88 bits per heavy atom. The standard InChI is InChI=1S/C6H13OS/c1-3-5-6-8-7-4-2/h2-6H2,1H3. The van der Waals surface area contributed by atoms with Crippen LogP contribution in [0.1, 0.15) is 19.8 Å². The fourth-order valence-corrected chi connectivity index (χ4v) is 0.963. The molecule has 1 nitrogen and oxygen atoms in total. The SMILES string of the molecule is [CH2]COSCCCC. The molecule has 1 radical (unpaired) electrons. The van der Waals surface area contributed by atoms with E-state index in [1.807, 2.05) is 0 Å². The largest absolute Gasteiger partial charge is 0.315 e. The molecule has 0 bridgehead atoms. The Kier molecular flexibility index (Phi) is 7.59. The first kappa shape index (κ1) is 8.31. The van der Waals surface area contributed by atoms with Crippen molar-refractivity contribution in [1.82, 2.24) is 0 Å². The van der Waals surface area contributed by atoms with Crippen LogP contribution in [0.15, 0.2) is 0 Å². The van der Waals surface area contributed by atoms with E-state index in [1.165, 1.54) is 24.9 Å². The average Bonchev–Trinajstić information content (AvgIpc) is 1.81. The van der Waals surface area contributed by atoms with Gasteiger partial charge in [0.05, 0.1) is 6.61 Å². The van der Waals surface area contributed by atoms with Gasteiger partial charge in [-0.2, -0.15) is 0 Å². The predicted octanol–water partition coefficient (Wildman–Crippen LogP) is 2.29. The van der Waals surface area contributed by atoms with E-state index in [9.17, 15) is 0 Å². The third-order valence-electron chi connectivity index (χ3n) is 0.748. The highest BCUT2D eigenvalue weighted by Gasteiger charge is 1.83. The first-order valence-corrected chi connectivity index (χ1v) is 3.86. The van der Waals surface area contributed by atoms with E-state index in [4.69, 9.17) is 4.18 Å². The topological polar surface area (TPSA) is 9.23 Å². The van der Waals surface area contributed by atoms with Gasteiger partial charge in [-0.05, 0) is 25.4 Å². The Bertz CT molecular complexity index is 33.5.